The first-order chi connectivity index (χ1) is 8.65. The molecule has 0 aromatic carbocycles. The van der Waals surface area contributed by atoms with Crippen molar-refractivity contribution >= 4 is 17.7 Å². The Balaban J connectivity index is 1.80. The standard InChI is InChI=1S/C11H13N3O3S/c15-7-3-6(4-7)13-9(16)8-5-12-11-14(10(8)17)1-2-18-11/h5-7,15H,1-4H2,(H,13,16). The van der Waals surface area contributed by atoms with Crippen LogP contribution < -0.4 is 10.9 Å². The van der Waals surface area contributed by atoms with Gasteiger partial charge in [-0.1, -0.05) is 11.8 Å². The first-order valence-electron chi connectivity index (χ1n) is 5.86. The molecule has 0 radical (unpaired) electrons. The molecular formula is C11H13N3O3S. The second-order valence-corrected chi connectivity index (χ2v) is 5.62. The Labute approximate surface area is 107 Å². The lowest BCUT2D eigenvalue weighted by Gasteiger charge is -2.31. The highest BCUT2D eigenvalue weighted by Crippen LogP contribution is 2.21. The van der Waals surface area contributed by atoms with Crippen molar-refractivity contribution in [2.75, 3.05) is 5.75 Å². The van der Waals surface area contributed by atoms with Crippen molar-refractivity contribution in [1.29, 1.82) is 0 Å². The minimum Gasteiger partial charge on any atom is -0.393 e. The van der Waals surface area contributed by atoms with E-state index >= 15 is 0 Å². The lowest BCUT2D eigenvalue weighted by molar-refractivity contribution is 0.0561. The summed E-state index contributed by atoms with van der Waals surface area (Å²) >= 11 is 1.52. The van der Waals surface area contributed by atoms with Crippen LogP contribution in [-0.2, 0) is 6.54 Å². The summed E-state index contributed by atoms with van der Waals surface area (Å²) in [6.07, 6.45) is 2.13. The van der Waals surface area contributed by atoms with Crippen LogP contribution in [0.3, 0.4) is 0 Å². The normalized spacial score (nSPS) is 25.4. The van der Waals surface area contributed by atoms with Crippen LogP contribution in [0, 0.1) is 0 Å². The van der Waals surface area contributed by atoms with Crippen LogP contribution >= 0.6 is 11.8 Å². The van der Waals surface area contributed by atoms with E-state index in [1.807, 2.05) is 0 Å². The van der Waals surface area contributed by atoms with E-state index in [1.165, 1.54) is 22.5 Å². The molecule has 2 aliphatic rings. The smallest absolute Gasteiger partial charge is 0.267 e. The SMILES string of the molecule is O=C(NC1CC(O)C1)c1cnc2n(c1=O)CCS2. The minimum absolute atomic E-state index is 0.0282. The third-order valence-electron chi connectivity index (χ3n) is 3.25. The highest BCUT2D eigenvalue weighted by atomic mass is 32.2. The summed E-state index contributed by atoms with van der Waals surface area (Å²) in [5, 5.41) is 12.6. The zero-order valence-corrected chi connectivity index (χ0v) is 10.4. The number of fused-ring (bicyclic) bond motifs is 1. The number of nitrogens with zero attached hydrogens (tertiary/aromatic N) is 2. The van der Waals surface area contributed by atoms with Gasteiger partial charge in [0.15, 0.2) is 5.16 Å². The summed E-state index contributed by atoms with van der Waals surface area (Å²) in [6, 6.07) is -0.0282. The Morgan fingerprint density at radius 1 is 1.56 bits per heavy atom. The van der Waals surface area contributed by atoms with Gasteiger partial charge in [-0.05, 0) is 12.8 Å². The minimum atomic E-state index is -0.392. The van der Waals surface area contributed by atoms with Gasteiger partial charge in [-0.2, -0.15) is 0 Å². The van der Waals surface area contributed by atoms with Crippen LogP contribution in [-0.4, -0.2) is 38.5 Å². The van der Waals surface area contributed by atoms with Gasteiger partial charge in [0.25, 0.3) is 11.5 Å². The Morgan fingerprint density at radius 2 is 2.33 bits per heavy atom. The van der Waals surface area contributed by atoms with Gasteiger partial charge < -0.3 is 10.4 Å². The topological polar surface area (TPSA) is 84.2 Å². The fourth-order valence-electron chi connectivity index (χ4n) is 2.14. The summed E-state index contributed by atoms with van der Waals surface area (Å²) in [6.45, 7) is 0.606. The Bertz CT molecular complexity index is 551. The predicted molar refractivity (Wildman–Crippen MR) is 65.7 cm³/mol. The van der Waals surface area contributed by atoms with E-state index in [-0.39, 0.29) is 23.3 Å². The quantitative estimate of drug-likeness (QED) is 0.712. The molecule has 1 fully saturated rings. The van der Waals surface area contributed by atoms with E-state index in [0.717, 1.165) is 5.75 Å². The molecule has 7 heteroatoms. The van der Waals surface area contributed by atoms with Gasteiger partial charge in [-0.15, -0.1) is 0 Å². The Hall–Kier alpha value is -1.34. The summed E-state index contributed by atoms with van der Waals surface area (Å²) in [5.41, 5.74) is -0.190. The van der Waals surface area contributed by atoms with E-state index < -0.39 is 5.91 Å². The third-order valence-corrected chi connectivity index (χ3v) is 4.22. The number of amides is 1. The molecule has 2 heterocycles. The molecule has 18 heavy (non-hydrogen) atoms. The molecule has 2 N–H and O–H groups in total. The number of rotatable bonds is 2. The van der Waals surface area contributed by atoms with Crippen molar-refractivity contribution in [2.45, 2.75) is 36.7 Å². The van der Waals surface area contributed by atoms with Crippen molar-refractivity contribution in [1.82, 2.24) is 14.9 Å². The molecule has 0 unspecified atom stereocenters. The molecule has 96 valence electrons. The molecule has 0 spiro atoms. The van der Waals surface area contributed by atoms with Crippen LogP contribution in [0.25, 0.3) is 0 Å². The van der Waals surface area contributed by atoms with Crippen molar-refractivity contribution in [2.24, 2.45) is 0 Å². The molecule has 1 saturated carbocycles. The Kier molecular flexibility index (Phi) is 2.87. The summed E-state index contributed by atoms with van der Waals surface area (Å²) in [5.74, 6) is 0.430. The molecule has 1 aromatic heterocycles. The molecule has 1 aliphatic heterocycles. The summed E-state index contributed by atoms with van der Waals surface area (Å²) < 4.78 is 1.54. The molecule has 0 saturated heterocycles. The maximum atomic E-state index is 12.1. The van der Waals surface area contributed by atoms with Crippen LogP contribution in [0.4, 0.5) is 0 Å². The largest absolute Gasteiger partial charge is 0.393 e. The molecule has 3 rings (SSSR count). The molecule has 1 aromatic rings. The van der Waals surface area contributed by atoms with Crippen LogP contribution in [0.1, 0.15) is 23.2 Å². The molecule has 6 nitrogen and oxygen atoms in total. The van der Waals surface area contributed by atoms with E-state index in [0.29, 0.717) is 24.5 Å². The van der Waals surface area contributed by atoms with Gasteiger partial charge in [-0.25, -0.2) is 4.98 Å². The monoisotopic (exact) mass is 267 g/mol. The molecule has 1 amide bonds. The number of aliphatic hydroxyl groups is 1. The number of hydrogen-bond acceptors (Lipinski definition) is 5. The van der Waals surface area contributed by atoms with Crippen LogP contribution in [0.15, 0.2) is 16.1 Å². The highest BCUT2D eigenvalue weighted by molar-refractivity contribution is 7.99. The van der Waals surface area contributed by atoms with E-state index in [4.69, 9.17) is 5.11 Å². The second kappa shape index (κ2) is 4.40. The van der Waals surface area contributed by atoms with Crippen molar-refractivity contribution in [3.8, 4) is 0 Å². The van der Waals surface area contributed by atoms with Gasteiger partial charge in [0.05, 0.1) is 6.10 Å². The van der Waals surface area contributed by atoms with Crippen LogP contribution in [0.2, 0.25) is 0 Å². The molecule has 0 atom stereocenters. The Morgan fingerprint density at radius 3 is 3.06 bits per heavy atom. The first-order valence-corrected chi connectivity index (χ1v) is 6.85. The van der Waals surface area contributed by atoms with Crippen molar-refractivity contribution in [3.05, 3.63) is 22.1 Å². The zero-order chi connectivity index (χ0) is 12.7. The number of carbonyl (C=O) groups is 1. The lowest BCUT2D eigenvalue weighted by Crippen LogP contribution is -2.48. The van der Waals surface area contributed by atoms with E-state index in [2.05, 4.69) is 10.3 Å². The number of aromatic nitrogens is 2. The first kappa shape index (κ1) is 11.7. The van der Waals surface area contributed by atoms with Gasteiger partial charge in [0.2, 0.25) is 0 Å². The number of nitrogens with one attached hydrogen (secondary N) is 1. The van der Waals surface area contributed by atoms with E-state index in [9.17, 15) is 9.59 Å². The number of aliphatic hydroxyl groups excluding tert-OH is 1. The average Bonchev–Trinajstić information content (AvgIpc) is 2.76. The maximum Gasteiger partial charge on any atom is 0.267 e. The number of thioether (sulfide) groups is 1. The molecule has 1 aliphatic carbocycles. The predicted octanol–water partition coefficient (Wildman–Crippen LogP) is -0.398. The van der Waals surface area contributed by atoms with Gasteiger partial charge >= 0.3 is 0 Å². The lowest BCUT2D eigenvalue weighted by atomic mass is 9.89. The number of hydrogen-bond donors (Lipinski definition) is 2. The maximum absolute atomic E-state index is 12.1. The van der Waals surface area contributed by atoms with Crippen molar-refractivity contribution < 1.29 is 9.90 Å². The average molecular weight is 267 g/mol. The van der Waals surface area contributed by atoms with Gasteiger partial charge in [0.1, 0.15) is 5.56 Å². The van der Waals surface area contributed by atoms with Gasteiger partial charge in [0, 0.05) is 24.5 Å². The molecular weight excluding hydrogens is 254 g/mol. The fraction of sp³-hybridized carbons (Fsp3) is 0.545. The zero-order valence-electron chi connectivity index (χ0n) is 9.63. The van der Waals surface area contributed by atoms with Crippen molar-refractivity contribution in [3.63, 3.8) is 0 Å². The summed E-state index contributed by atoms with van der Waals surface area (Å²) in [4.78, 5) is 28.1. The highest BCUT2D eigenvalue weighted by Gasteiger charge is 2.30. The molecule has 0 bridgehead atoms. The fourth-order valence-corrected chi connectivity index (χ4v) is 3.06. The van der Waals surface area contributed by atoms with Crippen LogP contribution in [0.5, 0.6) is 0 Å². The third kappa shape index (κ3) is 1.93. The van der Waals surface area contributed by atoms with Gasteiger partial charge in [-0.3, -0.25) is 14.2 Å². The number of carbonyl (C=O) groups excluding carboxylic acids is 1. The summed E-state index contributed by atoms with van der Waals surface area (Å²) in [7, 11) is 0. The second-order valence-electron chi connectivity index (χ2n) is 4.56. The van der Waals surface area contributed by atoms with E-state index in [1.54, 1.807) is 0 Å².